The fraction of sp³-hybridized carbons (Fsp3) is 0.455. The van der Waals surface area contributed by atoms with Gasteiger partial charge in [0, 0.05) is 0 Å². The van der Waals surface area contributed by atoms with Crippen LogP contribution in [0.5, 0.6) is 0 Å². The summed E-state index contributed by atoms with van der Waals surface area (Å²) < 4.78 is 0. The Hall–Kier alpha value is -0.430. The first-order chi connectivity index (χ1) is 5.34. The summed E-state index contributed by atoms with van der Waals surface area (Å²) in [5.41, 5.74) is 1.47. The van der Waals surface area contributed by atoms with Crippen molar-refractivity contribution in [3.63, 3.8) is 0 Å². The second kappa shape index (κ2) is 6.13. The number of benzene rings is 1. The highest BCUT2D eigenvalue weighted by Gasteiger charge is 2.01. The van der Waals surface area contributed by atoms with Gasteiger partial charge in [-0.05, 0) is 17.9 Å². The minimum absolute atomic E-state index is 0. The SMILES string of the molecule is CCC[C@H](C)c1ccccc1.S. The lowest BCUT2D eigenvalue weighted by molar-refractivity contribution is 0.665. The summed E-state index contributed by atoms with van der Waals surface area (Å²) in [7, 11) is 0. The molecule has 1 rings (SSSR count). The van der Waals surface area contributed by atoms with E-state index in [0.717, 1.165) is 5.92 Å². The van der Waals surface area contributed by atoms with Crippen molar-refractivity contribution in [3.8, 4) is 0 Å². The van der Waals surface area contributed by atoms with Crippen LogP contribution in [0.2, 0.25) is 0 Å². The van der Waals surface area contributed by atoms with E-state index in [1.807, 2.05) is 0 Å². The molecule has 0 bridgehead atoms. The Morgan fingerprint density at radius 3 is 2.25 bits per heavy atom. The van der Waals surface area contributed by atoms with Gasteiger partial charge in [0.2, 0.25) is 0 Å². The van der Waals surface area contributed by atoms with E-state index in [9.17, 15) is 0 Å². The maximum atomic E-state index is 2.29. The number of rotatable bonds is 3. The average molecular weight is 182 g/mol. The molecule has 1 heteroatoms. The van der Waals surface area contributed by atoms with Gasteiger partial charge >= 0.3 is 0 Å². The Kier molecular flexibility index (Phi) is 5.91. The third-order valence-electron chi connectivity index (χ3n) is 2.09. The fourth-order valence-corrected chi connectivity index (χ4v) is 1.38. The van der Waals surface area contributed by atoms with Crippen LogP contribution >= 0.6 is 13.5 Å². The summed E-state index contributed by atoms with van der Waals surface area (Å²) in [5, 5.41) is 0. The van der Waals surface area contributed by atoms with Gasteiger partial charge in [0.15, 0.2) is 0 Å². The monoisotopic (exact) mass is 182 g/mol. The summed E-state index contributed by atoms with van der Waals surface area (Å²) in [6.07, 6.45) is 2.57. The Bertz CT molecular complexity index is 193. The van der Waals surface area contributed by atoms with Crippen LogP contribution in [0.25, 0.3) is 0 Å². The lowest BCUT2D eigenvalue weighted by Crippen LogP contribution is -1.91. The van der Waals surface area contributed by atoms with Crippen molar-refractivity contribution in [1.29, 1.82) is 0 Å². The molecule has 0 aliphatic carbocycles. The molecule has 0 aliphatic heterocycles. The molecule has 0 amide bonds. The second-order valence-electron chi connectivity index (χ2n) is 3.10. The molecule has 0 unspecified atom stereocenters. The molecular weight excluding hydrogens is 164 g/mol. The zero-order valence-electron chi connectivity index (χ0n) is 7.88. The van der Waals surface area contributed by atoms with Crippen LogP contribution in [0.4, 0.5) is 0 Å². The van der Waals surface area contributed by atoms with Gasteiger partial charge in [-0.25, -0.2) is 0 Å². The highest BCUT2D eigenvalue weighted by Crippen LogP contribution is 2.19. The molecule has 0 saturated heterocycles. The molecule has 0 aliphatic rings. The smallest absolute Gasteiger partial charge is 0.0190 e. The van der Waals surface area contributed by atoms with Crippen LogP contribution < -0.4 is 0 Å². The predicted octanol–water partition coefficient (Wildman–Crippen LogP) is 3.70. The van der Waals surface area contributed by atoms with Crippen LogP contribution in [0.15, 0.2) is 30.3 Å². The molecule has 1 aromatic rings. The first kappa shape index (κ1) is 11.6. The van der Waals surface area contributed by atoms with E-state index >= 15 is 0 Å². The lowest BCUT2D eigenvalue weighted by Gasteiger charge is -2.08. The standard InChI is InChI=1S/C11H16.H2S/c1-3-7-10(2)11-8-5-4-6-9-11;/h4-6,8-10H,3,7H2,1-2H3;1H2/t10-;/m0./s1. The maximum Gasteiger partial charge on any atom is -0.0190 e. The van der Waals surface area contributed by atoms with Crippen LogP contribution in [-0.4, -0.2) is 0 Å². The van der Waals surface area contributed by atoms with Gasteiger partial charge in [-0.2, -0.15) is 13.5 Å². The van der Waals surface area contributed by atoms with Gasteiger partial charge in [-0.3, -0.25) is 0 Å². The van der Waals surface area contributed by atoms with E-state index in [4.69, 9.17) is 0 Å². The molecule has 0 saturated carbocycles. The van der Waals surface area contributed by atoms with Crippen LogP contribution in [0.1, 0.15) is 38.2 Å². The fourth-order valence-electron chi connectivity index (χ4n) is 1.38. The second-order valence-corrected chi connectivity index (χ2v) is 3.10. The first-order valence-corrected chi connectivity index (χ1v) is 4.39. The first-order valence-electron chi connectivity index (χ1n) is 4.39. The van der Waals surface area contributed by atoms with Crippen molar-refractivity contribution in [1.82, 2.24) is 0 Å². The molecule has 0 spiro atoms. The van der Waals surface area contributed by atoms with E-state index < -0.39 is 0 Å². The van der Waals surface area contributed by atoms with Crippen LogP contribution in [0, 0.1) is 0 Å². The minimum Gasteiger partial charge on any atom is -0.197 e. The maximum absolute atomic E-state index is 2.29. The van der Waals surface area contributed by atoms with Gasteiger partial charge in [0.1, 0.15) is 0 Å². The van der Waals surface area contributed by atoms with Crippen molar-refractivity contribution in [2.24, 2.45) is 0 Å². The Morgan fingerprint density at radius 1 is 1.17 bits per heavy atom. The molecule has 0 heterocycles. The Morgan fingerprint density at radius 2 is 1.75 bits per heavy atom. The van der Waals surface area contributed by atoms with Gasteiger partial charge in [-0.1, -0.05) is 50.6 Å². The largest absolute Gasteiger partial charge is 0.197 e. The molecule has 0 nitrogen and oxygen atoms in total. The Labute approximate surface area is 82.4 Å². The third-order valence-corrected chi connectivity index (χ3v) is 2.09. The molecule has 1 atom stereocenters. The van der Waals surface area contributed by atoms with Crippen molar-refractivity contribution >= 4 is 13.5 Å². The molecule has 12 heavy (non-hydrogen) atoms. The lowest BCUT2D eigenvalue weighted by atomic mass is 9.97. The molecule has 0 fully saturated rings. The van der Waals surface area contributed by atoms with Gasteiger partial charge in [-0.15, -0.1) is 0 Å². The summed E-state index contributed by atoms with van der Waals surface area (Å²) >= 11 is 0. The quantitative estimate of drug-likeness (QED) is 0.668. The van der Waals surface area contributed by atoms with E-state index in [1.54, 1.807) is 0 Å². The van der Waals surface area contributed by atoms with Crippen molar-refractivity contribution in [2.45, 2.75) is 32.6 Å². The molecular formula is C11H18S. The van der Waals surface area contributed by atoms with E-state index in [0.29, 0.717) is 0 Å². The van der Waals surface area contributed by atoms with Crippen molar-refractivity contribution < 1.29 is 0 Å². The zero-order chi connectivity index (χ0) is 8.10. The number of hydrogen-bond acceptors (Lipinski definition) is 0. The minimum atomic E-state index is 0. The molecule has 0 aromatic heterocycles. The molecule has 1 aromatic carbocycles. The van der Waals surface area contributed by atoms with Crippen LogP contribution in [-0.2, 0) is 0 Å². The van der Waals surface area contributed by atoms with Gasteiger partial charge in [0.25, 0.3) is 0 Å². The summed E-state index contributed by atoms with van der Waals surface area (Å²) in [6.45, 7) is 4.53. The molecule has 68 valence electrons. The van der Waals surface area contributed by atoms with Crippen molar-refractivity contribution in [3.05, 3.63) is 35.9 Å². The van der Waals surface area contributed by atoms with E-state index in [1.165, 1.54) is 18.4 Å². The van der Waals surface area contributed by atoms with Gasteiger partial charge < -0.3 is 0 Å². The summed E-state index contributed by atoms with van der Waals surface area (Å²) in [4.78, 5) is 0. The highest BCUT2D eigenvalue weighted by molar-refractivity contribution is 7.59. The molecule has 0 N–H and O–H groups in total. The topological polar surface area (TPSA) is 0 Å². The molecule has 0 radical (unpaired) electrons. The average Bonchev–Trinajstić information content (AvgIpc) is 2.07. The Balaban J connectivity index is 0.00000121. The number of hydrogen-bond donors (Lipinski definition) is 0. The zero-order valence-corrected chi connectivity index (χ0v) is 8.88. The highest BCUT2D eigenvalue weighted by atomic mass is 32.1. The van der Waals surface area contributed by atoms with Crippen molar-refractivity contribution in [2.75, 3.05) is 0 Å². The summed E-state index contributed by atoms with van der Waals surface area (Å²) in [6, 6.07) is 10.7. The van der Waals surface area contributed by atoms with Gasteiger partial charge in [0.05, 0.1) is 0 Å². The third kappa shape index (κ3) is 3.31. The normalized spacial score (nSPS) is 11.8. The summed E-state index contributed by atoms with van der Waals surface area (Å²) in [5.74, 6) is 0.723. The predicted molar refractivity (Wildman–Crippen MR) is 60.1 cm³/mol. The van der Waals surface area contributed by atoms with E-state index in [-0.39, 0.29) is 13.5 Å². The van der Waals surface area contributed by atoms with Crippen LogP contribution in [0.3, 0.4) is 0 Å². The van der Waals surface area contributed by atoms with E-state index in [2.05, 4.69) is 44.2 Å².